The van der Waals surface area contributed by atoms with Crippen LogP contribution in [0.2, 0.25) is 0 Å². The van der Waals surface area contributed by atoms with Crippen molar-refractivity contribution >= 4 is 39.3 Å². The van der Waals surface area contributed by atoms with Gasteiger partial charge in [-0.15, -0.1) is 11.3 Å². The summed E-state index contributed by atoms with van der Waals surface area (Å²) in [5.74, 6) is -0.857. The predicted molar refractivity (Wildman–Crippen MR) is 172 cm³/mol. The average molecular weight is 637 g/mol. The van der Waals surface area contributed by atoms with Crippen LogP contribution in [0.5, 0.6) is 0 Å². The lowest BCUT2D eigenvalue weighted by molar-refractivity contribution is -0.125. The molecule has 4 rings (SSSR count). The van der Waals surface area contributed by atoms with E-state index in [0.717, 1.165) is 26.6 Å². The molecule has 0 saturated heterocycles. The van der Waals surface area contributed by atoms with Crippen molar-refractivity contribution in [3.63, 3.8) is 0 Å². The molecule has 44 heavy (non-hydrogen) atoms. The van der Waals surface area contributed by atoms with E-state index in [9.17, 15) is 18.0 Å². The number of carbonyl (C=O) groups excluding carboxylic acids is 2. The summed E-state index contributed by atoms with van der Waals surface area (Å²) in [6, 6.07) is 25.3. The molecule has 0 aliphatic rings. The average Bonchev–Trinajstić information content (AvgIpc) is 3.46. The van der Waals surface area contributed by atoms with Gasteiger partial charge in [0.15, 0.2) is 0 Å². The zero-order valence-corrected chi connectivity index (χ0v) is 26.3. The van der Waals surface area contributed by atoms with Crippen LogP contribution in [-0.4, -0.2) is 42.1 Å². The first-order valence-corrected chi connectivity index (χ1v) is 16.3. The number of carbonyl (C=O) groups is 2. The molecule has 4 aromatic rings. The molecule has 1 aromatic heterocycles. The zero-order valence-electron chi connectivity index (χ0n) is 24.7. The van der Waals surface area contributed by atoms with Gasteiger partial charge in [-0.3, -0.25) is 14.1 Å². The van der Waals surface area contributed by atoms with E-state index in [0.29, 0.717) is 12.8 Å². The third-order valence-electron chi connectivity index (χ3n) is 6.43. The topological polar surface area (TPSA) is 147 Å². The van der Waals surface area contributed by atoms with E-state index >= 15 is 0 Å². The Morgan fingerprint density at radius 3 is 2.14 bits per heavy atom. The molecule has 0 bridgehead atoms. The molecule has 0 unspecified atom stereocenters. The lowest BCUT2D eigenvalue weighted by Gasteiger charge is -2.24. The van der Waals surface area contributed by atoms with Crippen molar-refractivity contribution in [3.05, 3.63) is 107 Å². The Hall–Kier alpha value is -4.26. The highest BCUT2D eigenvalue weighted by Crippen LogP contribution is 2.31. The second-order valence-electron chi connectivity index (χ2n) is 11.2. The minimum absolute atomic E-state index is 0.0658. The molecule has 2 amide bonds. The molecule has 1 heterocycles. The van der Waals surface area contributed by atoms with Crippen LogP contribution in [-0.2, 0) is 32.7 Å². The van der Waals surface area contributed by atoms with Crippen molar-refractivity contribution < 1.29 is 27.3 Å². The summed E-state index contributed by atoms with van der Waals surface area (Å²) in [5, 5.41) is 6.73. The lowest BCUT2D eigenvalue weighted by Crippen LogP contribution is -2.42. The molecule has 10 nitrogen and oxygen atoms in total. The van der Waals surface area contributed by atoms with E-state index in [-0.39, 0.29) is 18.1 Å². The number of aromatic nitrogens is 1. The van der Waals surface area contributed by atoms with Crippen LogP contribution < -0.4 is 15.4 Å². The van der Waals surface area contributed by atoms with Crippen molar-refractivity contribution in [2.75, 3.05) is 11.3 Å². The van der Waals surface area contributed by atoms with E-state index < -0.39 is 34.0 Å². The SMILES string of the molecule is CC(C)(C)OC(=O)NC[C@H](Cc1ccccc1)C(=O)N[C@@H](Cc1ccc(NS(=O)(=O)O)cc1)c1cnc(-c2ccccc2)s1. The molecule has 0 fully saturated rings. The summed E-state index contributed by atoms with van der Waals surface area (Å²) in [6.45, 7) is 5.39. The minimum atomic E-state index is -4.41. The number of ether oxygens (including phenoxy) is 1. The fraction of sp³-hybridized carbons (Fsp3) is 0.281. The van der Waals surface area contributed by atoms with Gasteiger partial charge >= 0.3 is 16.4 Å². The number of rotatable bonds is 12. The number of alkyl carbamates (subject to hydrolysis) is 1. The third kappa shape index (κ3) is 10.5. The van der Waals surface area contributed by atoms with Crippen molar-refractivity contribution in [3.8, 4) is 10.6 Å². The molecule has 0 radical (unpaired) electrons. The van der Waals surface area contributed by atoms with Crippen LogP contribution in [0.1, 0.15) is 42.8 Å². The monoisotopic (exact) mass is 636 g/mol. The molecular formula is C32H36N4O6S2. The first kappa shape index (κ1) is 32.6. The van der Waals surface area contributed by atoms with Crippen molar-refractivity contribution in [2.45, 2.75) is 45.3 Å². The molecule has 0 aliphatic carbocycles. The van der Waals surface area contributed by atoms with Gasteiger partial charge in [0.25, 0.3) is 0 Å². The van der Waals surface area contributed by atoms with Crippen LogP contribution in [0, 0.1) is 5.92 Å². The Labute approximate surface area is 261 Å². The van der Waals surface area contributed by atoms with E-state index in [4.69, 9.17) is 9.29 Å². The number of hydrogen-bond acceptors (Lipinski definition) is 7. The second kappa shape index (κ2) is 14.5. The second-order valence-corrected chi connectivity index (χ2v) is 13.5. The highest BCUT2D eigenvalue weighted by molar-refractivity contribution is 7.87. The van der Waals surface area contributed by atoms with E-state index in [2.05, 4.69) is 15.6 Å². The van der Waals surface area contributed by atoms with Crippen LogP contribution in [0.4, 0.5) is 10.5 Å². The summed E-state index contributed by atoms with van der Waals surface area (Å²) in [7, 11) is -4.41. The highest BCUT2D eigenvalue weighted by Gasteiger charge is 2.26. The van der Waals surface area contributed by atoms with E-state index in [1.54, 1.807) is 39.1 Å². The Balaban J connectivity index is 1.58. The van der Waals surface area contributed by atoms with Crippen LogP contribution in [0.3, 0.4) is 0 Å². The zero-order chi connectivity index (χ0) is 31.7. The summed E-state index contributed by atoms with van der Waals surface area (Å²) < 4.78 is 38.9. The predicted octanol–water partition coefficient (Wildman–Crippen LogP) is 5.81. The maximum atomic E-state index is 13.9. The molecular weight excluding hydrogens is 601 g/mol. The summed E-state index contributed by atoms with van der Waals surface area (Å²) in [6.07, 6.45) is 1.92. The van der Waals surface area contributed by atoms with Gasteiger partial charge in [-0.25, -0.2) is 9.78 Å². The summed E-state index contributed by atoms with van der Waals surface area (Å²) in [5.41, 5.74) is 2.25. The number of benzene rings is 3. The molecule has 3 aromatic carbocycles. The van der Waals surface area contributed by atoms with E-state index in [1.165, 1.54) is 23.5 Å². The smallest absolute Gasteiger partial charge is 0.407 e. The normalized spacial score (nSPS) is 13.0. The fourth-order valence-electron chi connectivity index (χ4n) is 4.44. The van der Waals surface area contributed by atoms with Gasteiger partial charge in [0.05, 0.1) is 17.6 Å². The Morgan fingerprint density at radius 2 is 1.52 bits per heavy atom. The number of thiazole rings is 1. The number of amides is 2. The summed E-state index contributed by atoms with van der Waals surface area (Å²) in [4.78, 5) is 31.8. The van der Waals surface area contributed by atoms with E-state index in [1.807, 2.05) is 65.4 Å². The minimum Gasteiger partial charge on any atom is -0.444 e. The first-order valence-electron chi connectivity index (χ1n) is 14.0. The number of nitrogens with zero attached hydrogens (tertiary/aromatic N) is 1. The third-order valence-corrected chi connectivity index (χ3v) is 8.09. The van der Waals surface area contributed by atoms with Gasteiger partial charge in [0.2, 0.25) is 5.91 Å². The van der Waals surface area contributed by atoms with Gasteiger partial charge in [-0.2, -0.15) is 8.42 Å². The Kier molecular flexibility index (Phi) is 10.7. The molecule has 2 atom stereocenters. The fourth-order valence-corrected chi connectivity index (χ4v) is 5.85. The standard InChI is InChI=1S/C32H36N4O6S2/c1-32(2,3)42-31(38)34-20-25(18-22-10-6-4-7-11-22)29(37)35-27(19-23-14-16-26(17-15-23)36-44(39,40)41)28-21-33-30(43-28)24-12-8-5-9-13-24/h4-17,21,25,27,36H,18-20H2,1-3H3,(H,34,38)(H,35,37)(H,39,40,41)/t25-,27-/m0/s1. The number of nitrogens with one attached hydrogen (secondary N) is 3. The van der Waals surface area contributed by atoms with Gasteiger partial charge in [-0.05, 0) is 56.9 Å². The van der Waals surface area contributed by atoms with Gasteiger partial charge in [0.1, 0.15) is 10.6 Å². The molecule has 0 saturated carbocycles. The number of hydrogen-bond donors (Lipinski definition) is 4. The van der Waals surface area contributed by atoms with Crippen molar-refractivity contribution in [1.29, 1.82) is 0 Å². The Bertz CT molecular complexity index is 1640. The van der Waals surface area contributed by atoms with Crippen LogP contribution in [0.15, 0.2) is 91.1 Å². The quantitative estimate of drug-likeness (QED) is 0.144. The molecule has 0 spiro atoms. The molecule has 0 aliphatic heterocycles. The molecule has 232 valence electrons. The van der Waals surface area contributed by atoms with Gasteiger partial charge < -0.3 is 15.4 Å². The lowest BCUT2D eigenvalue weighted by atomic mass is 9.97. The highest BCUT2D eigenvalue weighted by atomic mass is 32.2. The number of anilines is 1. The molecule has 12 heteroatoms. The van der Waals surface area contributed by atoms with Gasteiger partial charge in [0, 0.05) is 23.2 Å². The maximum Gasteiger partial charge on any atom is 0.407 e. The molecule has 4 N–H and O–H groups in total. The summed E-state index contributed by atoms with van der Waals surface area (Å²) >= 11 is 1.47. The Morgan fingerprint density at radius 1 is 0.909 bits per heavy atom. The van der Waals surface area contributed by atoms with Gasteiger partial charge in [-0.1, -0.05) is 72.8 Å². The first-order chi connectivity index (χ1) is 20.8. The van der Waals surface area contributed by atoms with Crippen molar-refractivity contribution in [1.82, 2.24) is 15.6 Å². The maximum absolute atomic E-state index is 13.9. The van der Waals surface area contributed by atoms with Crippen LogP contribution in [0.25, 0.3) is 10.6 Å². The van der Waals surface area contributed by atoms with Crippen molar-refractivity contribution in [2.24, 2.45) is 5.92 Å². The largest absolute Gasteiger partial charge is 0.444 e. The van der Waals surface area contributed by atoms with Crippen LogP contribution >= 0.6 is 11.3 Å².